The Hall–Kier alpha value is -0.440. The highest BCUT2D eigenvalue weighted by molar-refractivity contribution is 9.10. The Kier molecular flexibility index (Phi) is 4.34. The minimum absolute atomic E-state index is 0.241. The smallest absolute Gasteiger partial charge is 0.308 e. The highest BCUT2D eigenvalue weighted by Crippen LogP contribution is 2.34. The van der Waals surface area contributed by atoms with E-state index < -0.39 is 28.0 Å². The van der Waals surface area contributed by atoms with Gasteiger partial charge in [0, 0.05) is 17.1 Å². The second-order valence-electron chi connectivity index (χ2n) is 4.50. The Bertz CT molecular complexity index is 583. The molecule has 2 rings (SSSR count). The molecular weight excluding hydrogens is 354 g/mol. The molecule has 0 spiro atoms. The van der Waals surface area contributed by atoms with Crippen molar-refractivity contribution in [3.8, 4) is 0 Å². The van der Waals surface area contributed by atoms with Gasteiger partial charge in [0.05, 0.1) is 5.92 Å². The molecule has 1 saturated heterocycles. The van der Waals surface area contributed by atoms with Crippen molar-refractivity contribution >= 4 is 43.3 Å². The summed E-state index contributed by atoms with van der Waals surface area (Å²) in [5, 5.41) is 10.8. The van der Waals surface area contributed by atoms with Gasteiger partial charge in [0.15, 0.2) is 0 Å². The van der Waals surface area contributed by atoms with Crippen molar-refractivity contribution < 1.29 is 18.3 Å². The van der Waals surface area contributed by atoms with Gasteiger partial charge >= 0.3 is 5.97 Å². The molecule has 1 N–H and O–H groups in total. The number of rotatable bonds is 3. The Morgan fingerprint density at radius 2 is 2.26 bits per heavy atom. The number of piperidine rings is 1. The molecule has 0 unspecified atom stereocenters. The summed E-state index contributed by atoms with van der Waals surface area (Å²) in [6.45, 7) is 2.04. The third-order valence-corrected chi connectivity index (χ3v) is 8.01. The van der Waals surface area contributed by atoms with E-state index in [-0.39, 0.29) is 4.21 Å². The van der Waals surface area contributed by atoms with E-state index in [2.05, 4.69) is 15.9 Å². The molecule has 0 bridgehead atoms. The molecule has 8 heteroatoms. The van der Waals surface area contributed by atoms with E-state index in [1.165, 1.54) is 4.31 Å². The lowest BCUT2D eigenvalue weighted by Gasteiger charge is -2.36. The molecule has 1 aromatic heterocycles. The van der Waals surface area contributed by atoms with Crippen molar-refractivity contribution in [1.82, 2.24) is 4.31 Å². The zero-order valence-corrected chi connectivity index (χ0v) is 13.5. The second kappa shape index (κ2) is 5.51. The van der Waals surface area contributed by atoms with Crippen LogP contribution in [0.3, 0.4) is 0 Å². The number of nitrogens with zero attached hydrogens (tertiary/aromatic N) is 1. The predicted molar refractivity (Wildman–Crippen MR) is 75.7 cm³/mol. The molecule has 0 amide bonds. The number of hydrogen-bond acceptors (Lipinski definition) is 4. The van der Waals surface area contributed by atoms with Gasteiger partial charge in [0.2, 0.25) is 0 Å². The maximum absolute atomic E-state index is 12.6. The van der Waals surface area contributed by atoms with Crippen molar-refractivity contribution in [2.24, 2.45) is 5.92 Å². The van der Waals surface area contributed by atoms with E-state index in [4.69, 9.17) is 5.11 Å². The quantitative estimate of drug-likeness (QED) is 0.889. The Morgan fingerprint density at radius 3 is 2.79 bits per heavy atom. The van der Waals surface area contributed by atoms with E-state index in [0.29, 0.717) is 23.9 Å². The van der Waals surface area contributed by atoms with Gasteiger partial charge in [-0.05, 0) is 47.1 Å². The largest absolute Gasteiger partial charge is 0.481 e. The fourth-order valence-corrected chi connectivity index (χ4v) is 6.48. The first kappa shape index (κ1) is 15.0. The molecule has 19 heavy (non-hydrogen) atoms. The zero-order valence-electron chi connectivity index (χ0n) is 10.2. The summed E-state index contributed by atoms with van der Waals surface area (Å²) < 4.78 is 27.2. The lowest BCUT2D eigenvalue weighted by atomic mass is 9.92. The van der Waals surface area contributed by atoms with Gasteiger partial charge in [-0.1, -0.05) is 0 Å². The molecule has 2 heterocycles. The summed E-state index contributed by atoms with van der Waals surface area (Å²) in [6.07, 6.45) is 1.09. The number of halogens is 1. The normalized spacial score (nSPS) is 25.4. The maximum Gasteiger partial charge on any atom is 0.308 e. The highest BCUT2D eigenvalue weighted by atomic mass is 79.9. The average molecular weight is 368 g/mol. The number of hydrogen-bond donors (Lipinski definition) is 1. The summed E-state index contributed by atoms with van der Waals surface area (Å²) >= 11 is 4.36. The number of sulfonamides is 1. The molecule has 1 fully saturated rings. The van der Waals surface area contributed by atoms with Gasteiger partial charge < -0.3 is 5.11 Å². The minimum atomic E-state index is -3.62. The lowest BCUT2D eigenvalue weighted by Crippen LogP contribution is -2.48. The van der Waals surface area contributed by atoms with Crippen molar-refractivity contribution in [3.63, 3.8) is 0 Å². The summed E-state index contributed by atoms with van der Waals surface area (Å²) in [4.78, 5) is 11.2. The van der Waals surface area contributed by atoms with Gasteiger partial charge in [-0.3, -0.25) is 4.79 Å². The van der Waals surface area contributed by atoms with Crippen LogP contribution in [0.1, 0.15) is 19.8 Å². The van der Waals surface area contributed by atoms with E-state index >= 15 is 0 Å². The zero-order chi connectivity index (χ0) is 14.2. The average Bonchev–Trinajstić information content (AvgIpc) is 2.75. The Balaban J connectivity index is 2.35. The summed E-state index contributed by atoms with van der Waals surface area (Å²) in [6, 6.07) is 1.16. The number of aliphatic carboxylic acids is 1. The highest BCUT2D eigenvalue weighted by Gasteiger charge is 2.40. The number of carboxylic acids is 1. The molecule has 0 saturated carbocycles. The van der Waals surface area contributed by atoms with Crippen molar-refractivity contribution in [3.05, 3.63) is 15.9 Å². The third-order valence-electron chi connectivity index (χ3n) is 3.37. The number of carbonyl (C=O) groups is 1. The molecule has 0 aromatic carbocycles. The standard InChI is InChI=1S/C11H14BrNO4S2/c1-7-8(10(14)15)3-2-5-13(7)19(16,17)11-9(12)4-6-18-11/h4,6-8H,2-3,5H2,1H3,(H,14,15)/t7-,8-/m1/s1. The van der Waals surface area contributed by atoms with Crippen LogP contribution >= 0.6 is 27.3 Å². The van der Waals surface area contributed by atoms with Gasteiger partial charge in [-0.25, -0.2) is 8.42 Å². The van der Waals surface area contributed by atoms with Gasteiger partial charge in [-0.2, -0.15) is 4.31 Å². The summed E-state index contributed by atoms with van der Waals surface area (Å²) in [5.41, 5.74) is 0. The van der Waals surface area contributed by atoms with Crippen LogP contribution in [0.2, 0.25) is 0 Å². The van der Waals surface area contributed by atoms with Crippen LogP contribution in [0.4, 0.5) is 0 Å². The molecule has 5 nitrogen and oxygen atoms in total. The van der Waals surface area contributed by atoms with Gasteiger partial charge in [0.25, 0.3) is 10.0 Å². The second-order valence-corrected chi connectivity index (χ2v) is 8.36. The molecule has 1 aliphatic rings. The van der Waals surface area contributed by atoms with Gasteiger partial charge in [-0.15, -0.1) is 11.3 Å². The van der Waals surface area contributed by atoms with Crippen LogP contribution in [0.15, 0.2) is 20.1 Å². The maximum atomic E-state index is 12.6. The van der Waals surface area contributed by atoms with Crippen LogP contribution in [-0.4, -0.2) is 36.4 Å². The topological polar surface area (TPSA) is 74.7 Å². The first-order chi connectivity index (χ1) is 8.85. The van der Waals surface area contributed by atoms with Crippen LogP contribution in [-0.2, 0) is 14.8 Å². The molecule has 2 atom stereocenters. The van der Waals surface area contributed by atoms with Crippen molar-refractivity contribution in [2.75, 3.05) is 6.54 Å². The predicted octanol–water partition coefficient (Wildman–Crippen LogP) is 2.38. The van der Waals surface area contributed by atoms with Crippen molar-refractivity contribution in [1.29, 1.82) is 0 Å². The fourth-order valence-electron chi connectivity index (χ4n) is 2.35. The lowest BCUT2D eigenvalue weighted by molar-refractivity contribution is -0.144. The Labute approximate surface area is 124 Å². The van der Waals surface area contributed by atoms with Crippen LogP contribution in [0, 0.1) is 5.92 Å². The first-order valence-corrected chi connectivity index (χ1v) is 8.94. The molecule has 0 radical (unpaired) electrons. The molecule has 1 aliphatic heterocycles. The molecule has 0 aliphatic carbocycles. The van der Waals surface area contributed by atoms with E-state index in [0.717, 1.165) is 11.3 Å². The van der Waals surface area contributed by atoms with E-state index in [1.54, 1.807) is 18.4 Å². The summed E-state index contributed by atoms with van der Waals surface area (Å²) in [5.74, 6) is -1.57. The molecule has 106 valence electrons. The number of thiophene rings is 1. The Morgan fingerprint density at radius 1 is 1.58 bits per heavy atom. The fraction of sp³-hybridized carbons (Fsp3) is 0.545. The van der Waals surface area contributed by atoms with Crippen LogP contribution in [0.25, 0.3) is 0 Å². The first-order valence-electron chi connectivity index (χ1n) is 5.83. The number of carboxylic acid groups (broad SMARTS) is 1. The monoisotopic (exact) mass is 367 g/mol. The molecule has 1 aromatic rings. The van der Waals surface area contributed by atoms with Gasteiger partial charge in [0.1, 0.15) is 4.21 Å². The summed E-state index contributed by atoms with van der Waals surface area (Å²) in [7, 11) is -3.62. The van der Waals surface area contributed by atoms with Crippen molar-refractivity contribution in [2.45, 2.75) is 30.0 Å². The van der Waals surface area contributed by atoms with Crippen LogP contribution in [0.5, 0.6) is 0 Å². The van der Waals surface area contributed by atoms with Crippen LogP contribution < -0.4 is 0 Å². The third kappa shape index (κ3) is 2.72. The van der Waals surface area contributed by atoms with E-state index in [9.17, 15) is 13.2 Å². The van der Waals surface area contributed by atoms with E-state index in [1.807, 2.05) is 0 Å². The molecular formula is C11H14BrNO4S2. The minimum Gasteiger partial charge on any atom is -0.481 e. The SMILES string of the molecule is C[C@@H]1[C@H](C(=O)O)CCCN1S(=O)(=O)c1sccc1Br.